The van der Waals surface area contributed by atoms with Gasteiger partial charge in [0.25, 0.3) is 0 Å². The van der Waals surface area contributed by atoms with Gasteiger partial charge in [-0.05, 0) is 30.0 Å². The summed E-state index contributed by atoms with van der Waals surface area (Å²) in [5.41, 5.74) is 1.25. The van der Waals surface area contributed by atoms with Gasteiger partial charge in [0.1, 0.15) is 0 Å². The van der Waals surface area contributed by atoms with Crippen molar-refractivity contribution in [3.05, 3.63) is 52.7 Å². The Morgan fingerprint density at radius 2 is 1.91 bits per heavy atom. The molecule has 0 radical (unpaired) electrons. The van der Waals surface area contributed by atoms with Gasteiger partial charge in [0.2, 0.25) is 0 Å². The predicted octanol–water partition coefficient (Wildman–Crippen LogP) is 3.56. The largest absolute Gasteiger partial charge is 0.375 e. The van der Waals surface area contributed by atoms with E-state index in [4.69, 9.17) is 0 Å². The number of hydrogen-bond donors (Lipinski definition) is 2. The summed E-state index contributed by atoms with van der Waals surface area (Å²) in [6, 6.07) is 14.6. The zero-order chi connectivity index (χ0) is 15.6. The normalized spacial score (nSPS) is 10.8. The second-order valence-corrected chi connectivity index (χ2v) is 6.07. The molecule has 0 unspecified atom stereocenters. The van der Waals surface area contributed by atoms with E-state index in [-0.39, 0.29) is 24.0 Å². The van der Waals surface area contributed by atoms with Crippen LogP contribution in [-0.2, 0) is 6.54 Å². The molecule has 0 amide bonds. The van der Waals surface area contributed by atoms with Crippen molar-refractivity contribution in [3.8, 4) is 0 Å². The molecular formula is C17H25IN4S. The highest BCUT2D eigenvalue weighted by Crippen LogP contribution is 2.10. The van der Waals surface area contributed by atoms with E-state index in [0.717, 1.165) is 32.0 Å². The molecule has 0 atom stereocenters. The van der Waals surface area contributed by atoms with Gasteiger partial charge in [0.15, 0.2) is 5.96 Å². The Kier molecular flexibility index (Phi) is 9.70. The van der Waals surface area contributed by atoms with E-state index in [9.17, 15) is 0 Å². The Bertz CT molecular complexity index is 557. The first-order valence-electron chi connectivity index (χ1n) is 7.52. The van der Waals surface area contributed by atoms with Crippen LogP contribution in [0.4, 0.5) is 5.69 Å². The molecule has 0 fully saturated rings. The van der Waals surface area contributed by atoms with Crippen LogP contribution in [-0.4, -0.2) is 33.1 Å². The molecular weight excluding hydrogens is 419 g/mol. The Labute approximate surface area is 160 Å². The minimum Gasteiger partial charge on any atom is -0.375 e. The number of rotatable bonds is 7. The molecule has 0 spiro atoms. The molecule has 2 aromatic rings. The van der Waals surface area contributed by atoms with E-state index in [2.05, 4.69) is 69.4 Å². The number of para-hydroxylation sites is 1. The number of anilines is 1. The van der Waals surface area contributed by atoms with Crippen molar-refractivity contribution < 1.29 is 0 Å². The molecule has 2 N–H and O–H groups in total. The summed E-state index contributed by atoms with van der Waals surface area (Å²) in [7, 11) is 3.93. The molecule has 0 bridgehead atoms. The van der Waals surface area contributed by atoms with Gasteiger partial charge in [0, 0.05) is 37.7 Å². The first-order valence-corrected chi connectivity index (χ1v) is 8.40. The summed E-state index contributed by atoms with van der Waals surface area (Å²) in [6.07, 6.45) is 1.06. The van der Waals surface area contributed by atoms with Gasteiger partial charge >= 0.3 is 0 Å². The zero-order valence-electron chi connectivity index (χ0n) is 13.7. The van der Waals surface area contributed by atoms with E-state index >= 15 is 0 Å². The average molecular weight is 444 g/mol. The molecule has 0 aliphatic carbocycles. The van der Waals surface area contributed by atoms with Crippen molar-refractivity contribution in [1.82, 2.24) is 10.6 Å². The van der Waals surface area contributed by atoms with Gasteiger partial charge in [-0.2, -0.15) is 0 Å². The Morgan fingerprint density at radius 3 is 2.57 bits per heavy atom. The van der Waals surface area contributed by atoms with E-state index in [0.29, 0.717) is 0 Å². The lowest BCUT2D eigenvalue weighted by Crippen LogP contribution is -2.38. The lowest BCUT2D eigenvalue weighted by molar-refractivity contribution is 0.730. The minimum atomic E-state index is 0. The van der Waals surface area contributed by atoms with Crippen molar-refractivity contribution in [1.29, 1.82) is 0 Å². The molecule has 1 aromatic carbocycles. The first kappa shape index (κ1) is 19.8. The van der Waals surface area contributed by atoms with Crippen molar-refractivity contribution in [2.45, 2.75) is 13.0 Å². The monoisotopic (exact) mass is 444 g/mol. The molecule has 4 nitrogen and oxygen atoms in total. The van der Waals surface area contributed by atoms with Gasteiger partial charge < -0.3 is 15.5 Å². The molecule has 1 heterocycles. The van der Waals surface area contributed by atoms with Gasteiger partial charge in [-0.3, -0.25) is 4.99 Å². The SMILES string of the molecule is CN=C(NCCCN(C)c1ccccc1)NCc1cccs1.I. The quantitative estimate of drug-likeness (QED) is 0.297. The minimum absolute atomic E-state index is 0. The molecule has 23 heavy (non-hydrogen) atoms. The summed E-state index contributed by atoms with van der Waals surface area (Å²) < 4.78 is 0. The third-order valence-electron chi connectivity index (χ3n) is 3.39. The smallest absolute Gasteiger partial charge is 0.191 e. The predicted molar refractivity (Wildman–Crippen MR) is 112 cm³/mol. The number of nitrogens with one attached hydrogen (secondary N) is 2. The second-order valence-electron chi connectivity index (χ2n) is 5.04. The van der Waals surface area contributed by atoms with Crippen LogP contribution in [0, 0.1) is 0 Å². The topological polar surface area (TPSA) is 39.7 Å². The highest BCUT2D eigenvalue weighted by Gasteiger charge is 2.01. The summed E-state index contributed by atoms with van der Waals surface area (Å²) in [5, 5.41) is 8.77. The van der Waals surface area contributed by atoms with Crippen LogP contribution in [0.15, 0.2) is 52.8 Å². The number of halogens is 1. The Balaban J connectivity index is 0.00000264. The number of hydrogen-bond acceptors (Lipinski definition) is 3. The highest BCUT2D eigenvalue weighted by molar-refractivity contribution is 14.0. The summed E-state index contributed by atoms with van der Waals surface area (Å²) in [6.45, 7) is 2.74. The van der Waals surface area contributed by atoms with Gasteiger partial charge in [-0.1, -0.05) is 24.3 Å². The van der Waals surface area contributed by atoms with Gasteiger partial charge in [-0.15, -0.1) is 35.3 Å². The lowest BCUT2D eigenvalue weighted by atomic mass is 10.3. The Hall–Kier alpha value is -1.28. The first-order chi connectivity index (χ1) is 10.8. The van der Waals surface area contributed by atoms with Crippen LogP contribution in [0.5, 0.6) is 0 Å². The van der Waals surface area contributed by atoms with Crippen LogP contribution in [0.3, 0.4) is 0 Å². The maximum Gasteiger partial charge on any atom is 0.191 e. The molecule has 126 valence electrons. The third-order valence-corrected chi connectivity index (χ3v) is 4.27. The van der Waals surface area contributed by atoms with E-state index in [1.165, 1.54) is 10.6 Å². The number of thiophene rings is 1. The van der Waals surface area contributed by atoms with Crippen molar-refractivity contribution in [2.75, 3.05) is 32.1 Å². The molecule has 0 aliphatic heterocycles. The highest BCUT2D eigenvalue weighted by atomic mass is 127. The third kappa shape index (κ3) is 7.22. The maximum absolute atomic E-state index is 4.25. The zero-order valence-corrected chi connectivity index (χ0v) is 16.8. The maximum atomic E-state index is 4.25. The van der Waals surface area contributed by atoms with Crippen LogP contribution in [0.25, 0.3) is 0 Å². The summed E-state index contributed by atoms with van der Waals surface area (Å²) in [5.74, 6) is 0.857. The van der Waals surface area contributed by atoms with Crippen molar-refractivity contribution >= 4 is 47.0 Å². The van der Waals surface area contributed by atoms with E-state index in [1.807, 2.05) is 6.07 Å². The summed E-state index contributed by atoms with van der Waals surface area (Å²) >= 11 is 1.75. The Morgan fingerprint density at radius 1 is 1.13 bits per heavy atom. The second kappa shape index (κ2) is 11.3. The van der Waals surface area contributed by atoms with Crippen LogP contribution in [0.2, 0.25) is 0 Å². The molecule has 6 heteroatoms. The fraction of sp³-hybridized carbons (Fsp3) is 0.353. The van der Waals surface area contributed by atoms with Crippen LogP contribution < -0.4 is 15.5 Å². The standard InChI is InChI=1S/C17H24N4S.HI/c1-18-17(20-14-16-10-6-13-22-16)19-11-7-12-21(2)15-8-4-3-5-9-15;/h3-6,8-10,13H,7,11-12,14H2,1-2H3,(H2,18,19,20);1H. The van der Waals surface area contributed by atoms with Crippen LogP contribution >= 0.6 is 35.3 Å². The van der Waals surface area contributed by atoms with Crippen LogP contribution in [0.1, 0.15) is 11.3 Å². The van der Waals surface area contributed by atoms with Gasteiger partial charge in [0.05, 0.1) is 6.54 Å². The van der Waals surface area contributed by atoms with E-state index in [1.54, 1.807) is 18.4 Å². The summed E-state index contributed by atoms with van der Waals surface area (Å²) in [4.78, 5) is 7.83. The molecule has 0 aliphatic rings. The molecule has 0 saturated carbocycles. The molecule has 2 rings (SSSR count). The van der Waals surface area contributed by atoms with E-state index < -0.39 is 0 Å². The fourth-order valence-electron chi connectivity index (χ4n) is 2.14. The fourth-order valence-corrected chi connectivity index (χ4v) is 2.78. The average Bonchev–Trinajstić information content (AvgIpc) is 3.08. The number of guanidine groups is 1. The lowest BCUT2D eigenvalue weighted by Gasteiger charge is -2.19. The molecule has 1 aromatic heterocycles. The number of nitrogens with zero attached hydrogens (tertiary/aromatic N) is 2. The number of benzene rings is 1. The molecule has 0 saturated heterocycles. The van der Waals surface area contributed by atoms with Crippen molar-refractivity contribution in [3.63, 3.8) is 0 Å². The van der Waals surface area contributed by atoms with Crippen molar-refractivity contribution in [2.24, 2.45) is 4.99 Å². The number of aliphatic imine (C=N–C) groups is 1. The van der Waals surface area contributed by atoms with Gasteiger partial charge in [-0.25, -0.2) is 0 Å².